The van der Waals surface area contributed by atoms with Crippen LogP contribution in [-0.4, -0.2) is 13.0 Å². The standard InChI is InChI=1S/C14H11BrClNO2/c1-17(13-6-4-10(15)9-12(13)16)14(18)7-5-11-3-2-8-19-11/h2-9H,1H3/b7-5+. The van der Waals surface area contributed by atoms with Crippen molar-refractivity contribution in [2.24, 2.45) is 0 Å². The van der Waals surface area contributed by atoms with E-state index >= 15 is 0 Å². The molecule has 0 saturated carbocycles. The summed E-state index contributed by atoms with van der Waals surface area (Å²) in [6.45, 7) is 0. The van der Waals surface area contributed by atoms with Crippen LogP contribution in [0, 0.1) is 0 Å². The van der Waals surface area contributed by atoms with Gasteiger partial charge in [0.25, 0.3) is 5.91 Å². The Morgan fingerprint density at radius 1 is 1.42 bits per heavy atom. The first-order valence-electron chi connectivity index (χ1n) is 5.52. The maximum absolute atomic E-state index is 12.0. The maximum Gasteiger partial charge on any atom is 0.250 e. The number of rotatable bonds is 3. The molecule has 5 heteroatoms. The van der Waals surface area contributed by atoms with Crippen LogP contribution < -0.4 is 4.90 Å². The summed E-state index contributed by atoms with van der Waals surface area (Å²) in [5.41, 5.74) is 0.652. The fourth-order valence-corrected chi connectivity index (χ4v) is 2.32. The molecule has 0 bridgehead atoms. The predicted molar refractivity (Wildman–Crippen MR) is 80.3 cm³/mol. The molecule has 0 aliphatic heterocycles. The Balaban J connectivity index is 2.15. The smallest absolute Gasteiger partial charge is 0.250 e. The van der Waals surface area contributed by atoms with Crippen LogP contribution >= 0.6 is 27.5 Å². The van der Waals surface area contributed by atoms with Gasteiger partial charge in [0.2, 0.25) is 0 Å². The van der Waals surface area contributed by atoms with Gasteiger partial charge >= 0.3 is 0 Å². The van der Waals surface area contributed by atoms with E-state index in [1.165, 1.54) is 11.0 Å². The lowest BCUT2D eigenvalue weighted by Crippen LogP contribution is -2.24. The number of furan rings is 1. The highest BCUT2D eigenvalue weighted by atomic mass is 79.9. The van der Waals surface area contributed by atoms with E-state index in [1.807, 2.05) is 6.07 Å². The molecule has 1 heterocycles. The van der Waals surface area contributed by atoms with E-state index in [4.69, 9.17) is 16.0 Å². The van der Waals surface area contributed by atoms with E-state index in [2.05, 4.69) is 15.9 Å². The van der Waals surface area contributed by atoms with Crippen LogP contribution in [0.15, 0.2) is 51.6 Å². The van der Waals surface area contributed by atoms with Crippen LogP contribution in [0.3, 0.4) is 0 Å². The third kappa shape index (κ3) is 3.49. The molecule has 1 aromatic heterocycles. The SMILES string of the molecule is CN(C(=O)/C=C/c1ccco1)c1ccc(Br)cc1Cl. The molecule has 1 aromatic carbocycles. The number of carbonyl (C=O) groups excluding carboxylic acids is 1. The number of hydrogen-bond donors (Lipinski definition) is 0. The average molecular weight is 341 g/mol. The lowest BCUT2D eigenvalue weighted by atomic mass is 10.3. The number of halogens is 2. The third-order valence-corrected chi connectivity index (χ3v) is 3.33. The van der Waals surface area contributed by atoms with Gasteiger partial charge in [0, 0.05) is 17.6 Å². The summed E-state index contributed by atoms with van der Waals surface area (Å²) < 4.78 is 5.99. The van der Waals surface area contributed by atoms with Gasteiger partial charge in [0.05, 0.1) is 17.0 Å². The molecule has 19 heavy (non-hydrogen) atoms. The molecule has 2 aromatic rings. The molecule has 0 fully saturated rings. The second-order valence-corrected chi connectivity index (χ2v) is 5.16. The Labute approximate surface area is 124 Å². The van der Waals surface area contributed by atoms with Gasteiger partial charge in [-0.2, -0.15) is 0 Å². The van der Waals surface area contributed by atoms with Gasteiger partial charge in [-0.1, -0.05) is 27.5 Å². The van der Waals surface area contributed by atoms with Gasteiger partial charge < -0.3 is 9.32 Å². The molecular weight excluding hydrogens is 330 g/mol. The van der Waals surface area contributed by atoms with Gasteiger partial charge in [-0.15, -0.1) is 0 Å². The van der Waals surface area contributed by atoms with Crippen LogP contribution in [0.1, 0.15) is 5.76 Å². The summed E-state index contributed by atoms with van der Waals surface area (Å²) in [6.07, 6.45) is 4.61. The molecule has 0 spiro atoms. The molecular formula is C14H11BrClNO2. The largest absolute Gasteiger partial charge is 0.465 e. The van der Waals surface area contributed by atoms with Crippen molar-refractivity contribution in [2.75, 3.05) is 11.9 Å². The van der Waals surface area contributed by atoms with Gasteiger partial charge in [-0.25, -0.2) is 0 Å². The zero-order chi connectivity index (χ0) is 13.8. The molecule has 0 radical (unpaired) electrons. The molecule has 0 atom stereocenters. The van der Waals surface area contributed by atoms with Crippen LogP contribution in [0.2, 0.25) is 5.02 Å². The van der Waals surface area contributed by atoms with Gasteiger partial charge in [0.15, 0.2) is 0 Å². The van der Waals surface area contributed by atoms with Crippen molar-refractivity contribution in [2.45, 2.75) is 0 Å². The van der Waals surface area contributed by atoms with Crippen molar-refractivity contribution in [3.8, 4) is 0 Å². The number of carbonyl (C=O) groups is 1. The van der Waals surface area contributed by atoms with E-state index in [0.717, 1.165) is 4.47 Å². The summed E-state index contributed by atoms with van der Waals surface area (Å²) in [4.78, 5) is 13.5. The highest BCUT2D eigenvalue weighted by Gasteiger charge is 2.11. The Morgan fingerprint density at radius 3 is 2.84 bits per heavy atom. The second-order valence-electron chi connectivity index (χ2n) is 3.84. The van der Waals surface area contributed by atoms with Crippen molar-refractivity contribution in [1.29, 1.82) is 0 Å². The monoisotopic (exact) mass is 339 g/mol. The quantitative estimate of drug-likeness (QED) is 0.777. The Hall–Kier alpha value is -1.52. The normalized spacial score (nSPS) is 10.9. The van der Waals surface area contributed by atoms with Gasteiger partial charge in [-0.3, -0.25) is 4.79 Å². The highest BCUT2D eigenvalue weighted by Crippen LogP contribution is 2.28. The average Bonchev–Trinajstić information content (AvgIpc) is 2.88. The van der Waals surface area contributed by atoms with Crippen LogP contribution in [-0.2, 0) is 4.79 Å². The molecule has 0 aliphatic rings. The Morgan fingerprint density at radius 2 is 2.21 bits per heavy atom. The van der Waals surface area contributed by atoms with E-state index < -0.39 is 0 Å². The van der Waals surface area contributed by atoms with Crippen molar-refractivity contribution < 1.29 is 9.21 Å². The topological polar surface area (TPSA) is 33.5 Å². The summed E-state index contributed by atoms with van der Waals surface area (Å²) in [7, 11) is 1.67. The lowest BCUT2D eigenvalue weighted by Gasteiger charge is -2.16. The minimum atomic E-state index is -0.180. The number of anilines is 1. The van der Waals surface area contributed by atoms with Gasteiger partial charge in [0.1, 0.15) is 5.76 Å². The minimum absolute atomic E-state index is 0.180. The predicted octanol–water partition coefficient (Wildman–Crippen LogP) is 4.37. The summed E-state index contributed by atoms with van der Waals surface area (Å²) in [5, 5.41) is 0.511. The summed E-state index contributed by atoms with van der Waals surface area (Å²) in [5.74, 6) is 0.448. The molecule has 0 unspecified atom stereocenters. The fraction of sp³-hybridized carbons (Fsp3) is 0.0714. The molecule has 98 valence electrons. The fourth-order valence-electron chi connectivity index (χ4n) is 1.52. The highest BCUT2D eigenvalue weighted by molar-refractivity contribution is 9.10. The van der Waals surface area contributed by atoms with Crippen LogP contribution in [0.4, 0.5) is 5.69 Å². The van der Waals surface area contributed by atoms with E-state index in [0.29, 0.717) is 16.5 Å². The molecule has 0 N–H and O–H groups in total. The molecule has 1 amide bonds. The first kappa shape index (κ1) is 13.9. The molecule has 0 saturated heterocycles. The van der Waals surface area contributed by atoms with Crippen molar-refractivity contribution in [3.05, 3.63) is 57.9 Å². The zero-order valence-electron chi connectivity index (χ0n) is 10.1. The Bertz CT molecular complexity index is 608. The second kappa shape index (κ2) is 6.08. The summed E-state index contributed by atoms with van der Waals surface area (Å²) >= 11 is 9.43. The van der Waals surface area contributed by atoms with Crippen LogP contribution in [0.5, 0.6) is 0 Å². The van der Waals surface area contributed by atoms with Crippen molar-refractivity contribution in [1.82, 2.24) is 0 Å². The third-order valence-electron chi connectivity index (χ3n) is 2.54. The van der Waals surface area contributed by atoms with Gasteiger partial charge in [-0.05, 0) is 36.4 Å². The van der Waals surface area contributed by atoms with Crippen LogP contribution in [0.25, 0.3) is 6.08 Å². The van der Waals surface area contributed by atoms with Crippen molar-refractivity contribution >= 4 is 45.2 Å². The number of nitrogens with zero attached hydrogens (tertiary/aromatic N) is 1. The number of amides is 1. The lowest BCUT2D eigenvalue weighted by molar-refractivity contribution is -0.113. The van der Waals surface area contributed by atoms with E-state index in [1.54, 1.807) is 43.7 Å². The first-order chi connectivity index (χ1) is 9.08. The minimum Gasteiger partial charge on any atom is -0.465 e. The summed E-state index contributed by atoms with van der Waals surface area (Å²) in [6, 6.07) is 8.90. The number of hydrogen-bond acceptors (Lipinski definition) is 2. The number of likely N-dealkylation sites (N-methyl/N-ethyl adjacent to an activating group) is 1. The first-order valence-corrected chi connectivity index (χ1v) is 6.69. The van der Waals surface area contributed by atoms with E-state index in [9.17, 15) is 4.79 Å². The maximum atomic E-state index is 12.0. The molecule has 2 rings (SSSR count). The molecule has 3 nitrogen and oxygen atoms in total. The zero-order valence-corrected chi connectivity index (χ0v) is 12.5. The molecule has 0 aliphatic carbocycles. The van der Waals surface area contributed by atoms with Crippen molar-refractivity contribution in [3.63, 3.8) is 0 Å². The number of benzene rings is 1. The Kier molecular flexibility index (Phi) is 4.45. The van der Waals surface area contributed by atoms with E-state index in [-0.39, 0.29) is 5.91 Å².